The number of amides is 3. The van der Waals surface area contributed by atoms with Gasteiger partial charge in [0.1, 0.15) is 12.1 Å². The quantitative estimate of drug-likeness (QED) is 0.267. The van der Waals surface area contributed by atoms with Crippen molar-refractivity contribution in [2.24, 2.45) is 0 Å². The minimum absolute atomic E-state index is 0.214. The molecule has 3 aromatic heterocycles. The fraction of sp³-hybridized carbons (Fsp3) is 0.143. The van der Waals surface area contributed by atoms with Crippen molar-refractivity contribution in [1.82, 2.24) is 24.9 Å². The van der Waals surface area contributed by atoms with E-state index in [0.717, 1.165) is 16.9 Å². The third-order valence-corrected chi connectivity index (χ3v) is 5.75. The Bertz CT molecular complexity index is 1580. The van der Waals surface area contributed by atoms with Crippen molar-refractivity contribution in [2.45, 2.75) is 26.2 Å². The number of carbonyl (C=O) groups excluding carboxylic acids is 2. The maximum atomic E-state index is 12.7. The van der Waals surface area contributed by atoms with E-state index in [2.05, 4.69) is 36.2 Å². The summed E-state index contributed by atoms with van der Waals surface area (Å²) >= 11 is 0. The second-order valence-corrected chi connectivity index (χ2v) is 9.75. The number of anilines is 3. The summed E-state index contributed by atoms with van der Waals surface area (Å²) in [4.78, 5) is 33.2. The highest BCUT2D eigenvalue weighted by Crippen LogP contribution is 2.24. The summed E-state index contributed by atoms with van der Waals surface area (Å²) in [5, 5.41) is 16.5. The molecule has 0 aliphatic carbocycles. The van der Waals surface area contributed by atoms with Crippen molar-refractivity contribution in [2.75, 3.05) is 16.0 Å². The van der Waals surface area contributed by atoms with Gasteiger partial charge in [0.25, 0.3) is 5.91 Å². The summed E-state index contributed by atoms with van der Waals surface area (Å²) < 4.78 is 6.99. The Kier molecular flexibility index (Phi) is 6.87. The van der Waals surface area contributed by atoms with E-state index < -0.39 is 6.03 Å². The third kappa shape index (κ3) is 6.16. The van der Waals surface area contributed by atoms with Crippen LogP contribution in [0.5, 0.6) is 0 Å². The van der Waals surface area contributed by atoms with Gasteiger partial charge in [-0.05, 0) is 54.6 Å². The molecule has 196 valence electrons. The van der Waals surface area contributed by atoms with Crippen LogP contribution in [-0.4, -0.2) is 36.8 Å². The number of aromatic nitrogens is 5. The highest BCUT2D eigenvalue weighted by atomic mass is 16.5. The molecule has 0 radical (unpaired) electrons. The van der Waals surface area contributed by atoms with Crippen LogP contribution in [0.4, 0.5) is 22.0 Å². The van der Waals surface area contributed by atoms with Crippen molar-refractivity contribution in [3.8, 4) is 16.9 Å². The number of benzene rings is 2. The average Bonchev–Trinajstić information content (AvgIpc) is 3.61. The smallest absolute Gasteiger partial charge is 0.324 e. The largest absolute Gasteiger partial charge is 0.359 e. The van der Waals surface area contributed by atoms with Crippen LogP contribution in [0.15, 0.2) is 90.1 Å². The highest BCUT2D eigenvalue weighted by Gasteiger charge is 2.20. The molecular formula is C28H26N8O3. The fourth-order valence-electron chi connectivity index (χ4n) is 3.63. The Morgan fingerprint density at radius 3 is 2.26 bits per heavy atom. The van der Waals surface area contributed by atoms with Gasteiger partial charge in [-0.1, -0.05) is 25.9 Å². The summed E-state index contributed by atoms with van der Waals surface area (Å²) in [5.41, 5.74) is 3.86. The van der Waals surface area contributed by atoms with Gasteiger partial charge in [-0.25, -0.2) is 19.4 Å². The van der Waals surface area contributed by atoms with Gasteiger partial charge in [0.15, 0.2) is 5.82 Å². The van der Waals surface area contributed by atoms with Crippen molar-refractivity contribution in [3.63, 3.8) is 0 Å². The summed E-state index contributed by atoms with van der Waals surface area (Å²) in [6.45, 7) is 5.98. The van der Waals surface area contributed by atoms with Crippen LogP contribution in [0.1, 0.15) is 36.9 Å². The van der Waals surface area contributed by atoms with E-state index >= 15 is 0 Å². The molecule has 5 aromatic rings. The van der Waals surface area contributed by atoms with E-state index in [1.165, 1.54) is 6.33 Å². The number of nitrogens with one attached hydrogen (secondary N) is 3. The molecule has 3 heterocycles. The van der Waals surface area contributed by atoms with Gasteiger partial charge in [-0.2, -0.15) is 5.10 Å². The van der Waals surface area contributed by atoms with Crippen molar-refractivity contribution >= 4 is 29.1 Å². The van der Waals surface area contributed by atoms with Crippen molar-refractivity contribution < 1.29 is 14.1 Å². The number of carbonyl (C=O) groups is 2. The summed E-state index contributed by atoms with van der Waals surface area (Å²) in [6, 6.07) is 16.9. The van der Waals surface area contributed by atoms with Crippen molar-refractivity contribution in [1.29, 1.82) is 0 Å². The second-order valence-electron chi connectivity index (χ2n) is 9.75. The molecule has 39 heavy (non-hydrogen) atoms. The summed E-state index contributed by atoms with van der Waals surface area (Å²) in [7, 11) is 0. The zero-order valence-electron chi connectivity index (χ0n) is 21.5. The number of rotatable bonds is 6. The molecule has 0 fully saturated rings. The molecule has 0 spiro atoms. The topological polar surface area (TPSA) is 140 Å². The highest BCUT2D eigenvalue weighted by molar-refractivity contribution is 6.04. The zero-order chi connectivity index (χ0) is 27.4. The first-order chi connectivity index (χ1) is 18.7. The van der Waals surface area contributed by atoms with Gasteiger partial charge in [0.05, 0.1) is 17.6 Å². The summed E-state index contributed by atoms with van der Waals surface area (Å²) in [6.07, 6.45) is 6.75. The summed E-state index contributed by atoms with van der Waals surface area (Å²) in [5.74, 6) is 0.732. The van der Waals surface area contributed by atoms with E-state index in [-0.39, 0.29) is 11.3 Å². The van der Waals surface area contributed by atoms with Crippen LogP contribution in [0.25, 0.3) is 16.9 Å². The Morgan fingerprint density at radius 2 is 1.62 bits per heavy atom. The lowest BCUT2D eigenvalue weighted by molar-refractivity contribution is 0.102. The first-order valence-corrected chi connectivity index (χ1v) is 12.1. The lowest BCUT2D eigenvalue weighted by Crippen LogP contribution is -2.19. The molecule has 5 rings (SSSR count). The van der Waals surface area contributed by atoms with Gasteiger partial charge < -0.3 is 15.2 Å². The molecule has 0 saturated carbocycles. The Labute approximate surface area is 224 Å². The van der Waals surface area contributed by atoms with Gasteiger partial charge in [-0.3, -0.25) is 10.1 Å². The predicted octanol–water partition coefficient (Wildman–Crippen LogP) is 5.51. The molecule has 3 N–H and O–H groups in total. The van der Waals surface area contributed by atoms with E-state index in [9.17, 15) is 9.59 Å². The van der Waals surface area contributed by atoms with Gasteiger partial charge >= 0.3 is 6.03 Å². The Balaban J connectivity index is 1.16. The molecule has 11 heteroatoms. The van der Waals surface area contributed by atoms with E-state index in [0.29, 0.717) is 28.5 Å². The van der Waals surface area contributed by atoms with Crippen LogP contribution in [-0.2, 0) is 5.41 Å². The molecule has 0 bridgehead atoms. The molecule has 0 aliphatic rings. The minimum atomic E-state index is -0.457. The Hall–Kier alpha value is -5.32. The second kappa shape index (κ2) is 10.6. The number of hydrogen-bond acceptors (Lipinski definition) is 7. The van der Waals surface area contributed by atoms with Crippen LogP contribution in [0.3, 0.4) is 0 Å². The molecule has 2 aromatic carbocycles. The number of nitrogens with zero attached hydrogens (tertiary/aromatic N) is 5. The first kappa shape index (κ1) is 25.3. The lowest BCUT2D eigenvalue weighted by atomic mass is 9.93. The molecule has 3 amide bonds. The molecular weight excluding hydrogens is 496 g/mol. The predicted molar refractivity (Wildman–Crippen MR) is 147 cm³/mol. The van der Waals surface area contributed by atoms with Gasteiger partial charge in [0.2, 0.25) is 0 Å². The van der Waals surface area contributed by atoms with Gasteiger partial charge in [-0.15, -0.1) is 0 Å². The average molecular weight is 523 g/mol. The molecule has 11 nitrogen and oxygen atoms in total. The number of hydrogen-bond donors (Lipinski definition) is 3. The van der Waals surface area contributed by atoms with E-state index in [4.69, 9.17) is 4.52 Å². The normalized spacial score (nSPS) is 11.2. The minimum Gasteiger partial charge on any atom is -0.359 e. The maximum Gasteiger partial charge on any atom is 0.324 e. The molecule has 0 aliphatic heterocycles. The third-order valence-electron chi connectivity index (χ3n) is 5.75. The monoisotopic (exact) mass is 522 g/mol. The molecule has 0 saturated heterocycles. The Morgan fingerprint density at radius 1 is 0.897 bits per heavy atom. The SMILES string of the molecule is CC(C)(C)c1cc(NC(=O)Nc2ccc(NC(=O)c3ccc(-n4cc(-c5ccncn5)cn4)cc3)cc2)no1. The van der Waals surface area contributed by atoms with Crippen molar-refractivity contribution in [3.05, 3.63) is 96.9 Å². The lowest BCUT2D eigenvalue weighted by Gasteiger charge is -2.12. The fourth-order valence-corrected chi connectivity index (χ4v) is 3.63. The number of urea groups is 1. The zero-order valence-corrected chi connectivity index (χ0v) is 21.5. The molecule has 0 unspecified atom stereocenters. The first-order valence-electron chi connectivity index (χ1n) is 12.1. The van der Waals surface area contributed by atoms with Crippen LogP contribution in [0.2, 0.25) is 0 Å². The van der Waals surface area contributed by atoms with Crippen LogP contribution < -0.4 is 16.0 Å². The van der Waals surface area contributed by atoms with E-state index in [1.807, 2.05) is 45.2 Å². The molecule has 0 atom stereocenters. The van der Waals surface area contributed by atoms with Crippen LogP contribution in [0, 0.1) is 0 Å². The maximum absolute atomic E-state index is 12.7. The standard InChI is InChI=1S/C28H26N8O3/c1-28(2,3)24-14-25(35-39-24)34-27(38)33-21-8-6-20(7-9-21)32-26(37)18-4-10-22(11-5-18)36-16-19(15-31-36)23-12-13-29-17-30-23/h4-17H,1-3H3,(H,32,37)(H2,33,34,35,38). The van der Waals surface area contributed by atoms with E-state index in [1.54, 1.807) is 59.5 Å². The van der Waals surface area contributed by atoms with Gasteiger partial charge in [0, 0.05) is 46.4 Å². The van der Waals surface area contributed by atoms with Crippen LogP contribution >= 0.6 is 0 Å².